The van der Waals surface area contributed by atoms with Gasteiger partial charge in [-0.05, 0) is 18.1 Å². The molecule has 3 N–H and O–H groups in total. The first-order chi connectivity index (χ1) is 13.6. The Labute approximate surface area is 192 Å². The molecule has 166 valence electrons. The Morgan fingerprint density at radius 3 is 2.33 bits per heavy atom. The van der Waals surface area contributed by atoms with Crippen molar-refractivity contribution in [1.82, 2.24) is 10.2 Å². The van der Waals surface area contributed by atoms with Gasteiger partial charge in [-0.25, -0.2) is 0 Å². The molecule has 1 aliphatic heterocycles. The zero-order valence-corrected chi connectivity index (χ0v) is 19.3. The van der Waals surface area contributed by atoms with E-state index in [0.29, 0.717) is 6.54 Å². The van der Waals surface area contributed by atoms with Crippen LogP contribution in [0.2, 0.25) is 0 Å². The van der Waals surface area contributed by atoms with Gasteiger partial charge in [-0.15, -0.1) is 24.8 Å². The van der Waals surface area contributed by atoms with Gasteiger partial charge >= 0.3 is 0 Å². The van der Waals surface area contributed by atoms with Crippen LogP contribution >= 0.6 is 24.8 Å². The summed E-state index contributed by atoms with van der Waals surface area (Å²) in [5, 5.41) is 3.15. The van der Waals surface area contributed by atoms with Crippen LogP contribution in [-0.4, -0.2) is 43.7 Å². The molecule has 5 nitrogen and oxygen atoms in total. The zero-order valence-electron chi connectivity index (χ0n) is 17.6. The average molecular weight is 454 g/mol. The Balaban J connectivity index is 0.00000225. The molecule has 1 saturated heterocycles. The molecule has 0 bridgehead atoms. The lowest BCUT2D eigenvalue weighted by Gasteiger charge is -2.35. The van der Waals surface area contributed by atoms with Crippen molar-refractivity contribution < 1.29 is 9.53 Å². The van der Waals surface area contributed by atoms with Crippen LogP contribution in [0.25, 0.3) is 0 Å². The van der Waals surface area contributed by atoms with Gasteiger partial charge in [-0.1, -0.05) is 67.1 Å². The number of hydrogen-bond donors (Lipinski definition) is 2. The standard InChI is InChI=1S/C23H31N3O2.2ClH/c1-17-7-6-10-20(15-17)21(26-11-13-28-14-12-26)16-25-23(27)18(2)22(24)19-8-4-3-5-9-19;;/h3-10,15,18,21-22H,11-14,16,24H2,1-2H3,(H,25,27);2*1H. The monoisotopic (exact) mass is 453 g/mol. The highest BCUT2D eigenvalue weighted by Crippen LogP contribution is 2.23. The summed E-state index contributed by atoms with van der Waals surface area (Å²) in [5.41, 5.74) is 9.76. The van der Waals surface area contributed by atoms with E-state index in [1.54, 1.807) is 0 Å². The molecule has 1 heterocycles. The first-order valence-electron chi connectivity index (χ1n) is 10.0. The quantitative estimate of drug-likeness (QED) is 0.670. The Kier molecular flexibility index (Phi) is 11.4. The number of rotatable bonds is 7. The molecule has 1 fully saturated rings. The van der Waals surface area contributed by atoms with E-state index in [4.69, 9.17) is 10.5 Å². The molecule has 0 aliphatic carbocycles. The number of halogens is 2. The number of ether oxygens (including phenoxy) is 1. The predicted molar refractivity (Wildman–Crippen MR) is 126 cm³/mol. The minimum Gasteiger partial charge on any atom is -0.379 e. The van der Waals surface area contributed by atoms with Crippen LogP contribution in [0, 0.1) is 12.8 Å². The summed E-state index contributed by atoms with van der Waals surface area (Å²) in [6, 6.07) is 18.1. The highest BCUT2D eigenvalue weighted by atomic mass is 35.5. The van der Waals surface area contributed by atoms with Gasteiger partial charge in [0.1, 0.15) is 0 Å². The fraction of sp³-hybridized carbons (Fsp3) is 0.435. The SMILES string of the molecule is Cc1cccc(C(CNC(=O)C(C)C(N)c2ccccc2)N2CCOCC2)c1.Cl.Cl. The maximum Gasteiger partial charge on any atom is 0.224 e. The first kappa shape index (κ1) is 26.4. The molecule has 3 atom stereocenters. The summed E-state index contributed by atoms with van der Waals surface area (Å²) in [6.45, 7) is 7.75. The van der Waals surface area contributed by atoms with E-state index in [1.807, 2.05) is 37.3 Å². The summed E-state index contributed by atoms with van der Waals surface area (Å²) < 4.78 is 5.51. The highest BCUT2D eigenvalue weighted by Gasteiger charge is 2.26. The lowest BCUT2D eigenvalue weighted by atomic mass is 9.94. The van der Waals surface area contributed by atoms with Gasteiger partial charge in [0.25, 0.3) is 0 Å². The molecule has 1 aliphatic rings. The number of nitrogens with one attached hydrogen (secondary N) is 1. The van der Waals surface area contributed by atoms with E-state index in [9.17, 15) is 4.79 Å². The Bertz CT molecular complexity index is 770. The van der Waals surface area contributed by atoms with Crippen molar-refractivity contribution in [3.63, 3.8) is 0 Å². The number of nitrogens with two attached hydrogens (primary N) is 1. The molecular formula is C23H33Cl2N3O2. The van der Waals surface area contributed by atoms with Crippen molar-refractivity contribution in [2.45, 2.75) is 25.9 Å². The van der Waals surface area contributed by atoms with Gasteiger partial charge in [0.05, 0.1) is 25.2 Å². The van der Waals surface area contributed by atoms with Crippen LogP contribution in [0.3, 0.4) is 0 Å². The van der Waals surface area contributed by atoms with Gasteiger partial charge in [0.15, 0.2) is 0 Å². The van der Waals surface area contributed by atoms with Crippen molar-refractivity contribution in [1.29, 1.82) is 0 Å². The second kappa shape index (κ2) is 12.9. The van der Waals surface area contributed by atoms with Crippen LogP contribution in [0.5, 0.6) is 0 Å². The van der Waals surface area contributed by atoms with E-state index in [0.717, 1.165) is 31.9 Å². The molecule has 3 unspecified atom stereocenters. The van der Waals surface area contributed by atoms with Crippen LogP contribution in [-0.2, 0) is 9.53 Å². The fourth-order valence-corrected chi connectivity index (χ4v) is 3.71. The lowest BCUT2D eigenvalue weighted by molar-refractivity contribution is -0.125. The number of nitrogens with zero attached hydrogens (tertiary/aromatic N) is 1. The van der Waals surface area contributed by atoms with Crippen molar-refractivity contribution in [3.8, 4) is 0 Å². The molecular weight excluding hydrogens is 421 g/mol. The number of carbonyl (C=O) groups is 1. The molecule has 2 aromatic rings. The van der Waals surface area contributed by atoms with Crippen molar-refractivity contribution >= 4 is 30.7 Å². The molecule has 2 aromatic carbocycles. The molecule has 3 rings (SSSR count). The first-order valence-corrected chi connectivity index (χ1v) is 10.0. The maximum atomic E-state index is 12.8. The smallest absolute Gasteiger partial charge is 0.224 e. The van der Waals surface area contributed by atoms with E-state index in [-0.39, 0.29) is 48.7 Å². The minimum absolute atomic E-state index is 0. The molecule has 7 heteroatoms. The third-order valence-electron chi connectivity index (χ3n) is 5.52. The van der Waals surface area contributed by atoms with E-state index < -0.39 is 0 Å². The molecule has 0 spiro atoms. The predicted octanol–water partition coefficient (Wildman–Crippen LogP) is 3.66. The maximum absolute atomic E-state index is 12.8. The molecule has 1 amide bonds. The van der Waals surface area contributed by atoms with Crippen LogP contribution in [0.1, 0.15) is 35.7 Å². The molecule has 0 saturated carbocycles. The van der Waals surface area contributed by atoms with Crippen LogP contribution in [0.4, 0.5) is 0 Å². The number of benzene rings is 2. The Morgan fingerprint density at radius 2 is 1.70 bits per heavy atom. The van der Waals surface area contributed by atoms with Gasteiger partial charge < -0.3 is 15.8 Å². The number of morpholine rings is 1. The van der Waals surface area contributed by atoms with Crippen molar-refractivity contribution in [3.05, 3.63) is 71.3 Å². The summed E-state index contributed by atoms with van der Waals surface area (Å²) >= 11 is 0. The Morgan fingerprint density at radius 1 is 1.07 bits per heavy atom. The second-order valence-electron chi connectivity index (χ2n) is 7.55. The normalized spacial score (nSPS) is 17.0. The largest absolute Gasteiger partial charge is 0.379 e. The van der Waals surface area contributed by atoms with E-state index in [1.165, 1.54) is 11.1 Å². The lowest BCUT2D eigenvalue weighted by Crippen LogP contribution is -2.45. The van der Waals surface area contributed by atoms with Crippen molar-refractivity contribution in [2.24, 2.45) is 11.7 Å². The summed E-state index contributed by atoms with van der Waals surface area (Å²) in [7, 11) is 0. The number of carbonyl (C=O) groups excluding carboxylic acids is 1. The van der Waals surface area contributed by atoms with Crippen molar-refractivity contribution in [2.75, 3.05) is 32.8 Å². The number of aryl methyl sites for hydroxylation is 1. The zero-order chi connectivity index (χ0) is 19.9. The fourth-order valence-electron chi connectivity index (χ4n) is 3.71. The second-order valence-corrected chi connectivity index (χ2v) is 7.55. The average Bonchev–Trinajstić information content (AvgIpc) is 2.74. The van der Waals surface area contributed by atoms with Crippen LogP contribution in [0.15, 0.2) is 54.6 Å². The van der Waals surface area contributed by atoms with Gasteiger partial charge in [0.2, 0.25) is 5.91 Å². The molecule has 30 heavy (non-hydrogen) atoms. The topological polar surface area (TPSA) is 67.6 Å². The third kappa shape index (κ3) is 6.96. The van der Waals surface area contributed by atoms with Gasteiger partial charge in [0, 0.05) is 25.7 Å². The summed E-state index contributed by atoms with van der Waals surface area (Å²) in [4.78, 5) is 15.2. The molecule has 0 radical (unpaired) electrons. The van der Waals surface area contributed by atoms with Gasteiger partial charge in [-0.2, -0.15) is 0 Å². The summed E-state index contributed by atoms with van der Waals surface area (Å²) in [6.07, 6.45) is 0. The van der Waals surface area contributed by atoms with Gasteiger partial charge in [-0.3, -0.25) is 9.69 Å². The highest BCUT2D eigenvalue weighted by molar-refractivity contribution is 5.85. The minimum atomic E-state index is -0.318. The number of hydrogen-bond acceptors (Lipinski definition) is 4. The van der Waals surface area contributed by atoms with Crippen LogP contribution < -0.4 is 11.1 Å². The summed E-state index contributed by atoms with van der Waals surface area (Å²) in [5.74, 6) is -0.312. The van der Waals surface area contributed by atoms with E-state index >= 15 is 0 Å². The number of amides is 1. The molecule has 0 aromatic heterocycles. The van der Waals surface area contributed by atoms with E-state index in [2.05, 4.69) is 41.4 Å². The Hall–Kier alpha value is -1.63. The third-order valence-corrected chi connectivity index (χ3v) is 5.52.